The zero-order valence-corrected chi connectivity index (χ0v) is 25.0. The van der Waals surface area contributed by atoms with E-state index >= 15 is 0 Å². The van der Waals surface area contributed by atoms with E-state index in [0.29, 0.717) is 28.7 Å². The van der Waals surface area contributed by atoms with Gasteiger partial charge in [0.25, 0.3) is 0 Å². The Morgan fingerprint density at radius 3 is 2.49 bits per heavy atom. The van der Waals surface area contributed by atoms with Gasteiger partial charge in [0.2, 0.25) is 5.91 Å². The Hall–Kier alpha value is -2.88. The van der Waals surface area contributed by atoms with Crippen molar-refractivity contribution in [2.75, 3.05) is 22.6 Å². The predicted octanol–water partition coefficient (Wildman–Crippen LogP) is 7.82. The summed E-state index contributed by atoms with van der Waals surface area (Å²) in [6.45, 7) is 6.15. The van der Waals surface area contributed by atoms with Gasteiger partial charge in [-0.05, 0) is 94.1 Å². The van der Waals surface area contributed by atoms with Crippen LogP contribution in [-0.4, -0.2) is 28.8 Å². The zero-order chi connectivity index (χ0) is 27.8. The Labute approximate surface area is 244 Å². The highest BCUT2D eigenvalue weighted by atomic mass is 32.2. The van der Waals surface area contributed by atoms with E-state index in [2.05, 4.69) is 16.0 Å². The summed E-state index contributed by atoms with van der Waals surface area (Å²) in [6, 6.07) is 15.9. The lowest BCUT2D eigenvalue weighted by Crippen LogP contribution is -2.25. The van der Waals surface area contributed by atoms with Crippen LogP contribution in [0.25, 0.3) is 0 Å². The second kappa shape index (κ2) is 14.0. The average Bonchev–Trinajstić information content (AvgIpc) is 3.08. The molecule has 0 saturated heterocycles. The molecule has 206 valence electrons. The van der Waals surface area contributed by atoms with Crippen molar-refractivity contribution in [3.8, 4) is 0 Å². The van der Waals surface area contributed by atoms with Crippen molar-refractivity contribution in [1.29, 1.82) is 0 Å². The molecule has 1 heterocycles. The molecule has 39 heavy (non-hydrogen) atoms. The minimum atomic E-state index is -0.345. The SMILES string of the molecule is CCOC(=O)c1c(NC(=O)C(CC)Sc2cccc(NC(=S)Nc3ccc(C)cc3)c2)sc2c1CCCCC2. The summed E-state index contributed by atoms with van der Waals surface area (Å²) in [5, 5.41) is 10.3. The highest BCUT2D eigenvalue weighted by Crippen LogP contribution is 2.39. The molecule has 3 N–H and O–H groups in total. The molecule has 0 spiro atoms. The van der Waals surface area contributed by atoms with E-state index in [1.54, 1.807) is 6.92 Å². The summed E-state index contributed by atoms with van der Waals surface area (Å²) in [5.41, 5.74) is 4.55. The standard InChI is InChI=1S/C30H35N3O3S3/c1-4-24(27(34)33-28-26(29(35)36-5-2)23-12-7-6-8-13-25(23)39-28)38-22-11-9-10-21(18-22)32-30(37)31-20-16-14-19(3)15-17-20/h9-11,14-18,24H,4-8,12-13H2,1-3H3,(H,33,34)(H2,31,32,37). The first-order valence-electron chi connectivity index (χ1n) is 13.4. The minimum Gasteiger partial charge on any atom is -0.462 e. The normalized spacial score (nSPS) is 13.5. The first-order valence-corrected chi connectivity index (χ1v) is 15.5. The van der Waals surface area contributed by atoms with Gasteiger partial charge in [-0.15, -0.1) is 23.1 Å². The molecule has 0 saturated carbocycles. The van der Waals surface area contributed by atoms with E-state index in [9.17, 15) is 9.59 Å². The summed E-state index contributed by atoms with van der Waals surface area (Å²) in [5.74, 6) is -0.457. The maximum atomic E-state index is 13.4. The number of thioether (sulfide) groups is 1. The topological polar surface area (TPSA) is 79.5 Å². The third-order valence-corrected chi connectivity index (χ3v) is 9.25. The van der Waals surface area contributed by atoms with Crippen molar-refractivity contribution < 1.29 is 14.3 Å². The van der Waals surface area contributed by atoms with Crippen LogP contribution in [0, 0.1) is 6.92 Å². The maximum absolute atomic E-state index is 13.4. The largest absolute Gasteiger partial charge is 0.462 e. The van der Waals surface area contributed by atoms with Gasteiger partial charge >= 0.3 is 5.97 Å². The molecular weight excluding hydrogens is 547 g/mol. The fraction of sp³-hybridized carbons (Fsp3) is 0.367. The summed E-state index contributed by atoms with van der Waals surface area (Å²) >= 11 is 8.51. The number of amides is 1. The second-order valence-electron chi connectivity index (χ2n) is 9.47. The van der Waals surface area contributed by atoms with Gasteiger partial charge < -0.3 is 20.7 Å². The highest BCUT2D eigenvalue weighted by molar-refractivity contribution is 8.00. The molecule has 1 aliphatic carbocycles. The maximum Gasteiger partial charge on any atom is 0.341 e. The number of rotatable bonds is 9. The Balaban J connectivity index is 1.44. The number of hydrogen-bond acceptors (Lipinski definition) is 6. The number of fused-ring (bicyclic) bond motifs is 1. The van der Waals surface area contributed by atoms with Crippen LogP contribution in [0.15, 0.2) is 53.4 Å². The Kier molecular flexibility index (Phi) is 10.4. The third-order valence-electron chi connectivity index (χ3n) is 6.48. The van der Waals surface area contributed by atoms with Crippen LogP contribution >= 0.6 is 35.3 Å². The van der Waals surface area contributed by atoms with Crippen LogP contribution in [0.2, 0.25) is 0 Å². The van der Waals surface area contributed by atoms with Crippen molar-refractivity contribution in [2.45, 2.75) is 69.4 Å². The summed E-state index contributed by atoms with van der Waals surface area (Å²) in [4.78, 5) is 28.5. The predicted molar refractivity (Wildman–Crippen MR) is 168 cm³/mol. The molecule has 3 aromatic rings. The summed E-state index contributed by atoms with van der Waals surface area (Å²) in [6.07, 6.45) is 5.73. The lowest BCUT2D eigenvalue weighted by atomic mass is 10.1. The van der Waals surface area contributed by atoms with Gasteiger partial charge in [-0.25, -0.2) is 4.79 Å². The van der Waals surface area contributed by atoms with E-state index in [0.717, 1.165) is 53.9 Å². The van der Waals surface area contributed by atoms with Crippen molar-refractivity contribution in [1.82, 2.24) is 0 Å². The molecule has 9 heteroatoms. The average molecular weight is 582 g/mol. The molecule has 1 aromatic heterocycles. The number of thiocarbonyl (C=S) groups is 1. The number of thiophene rings is 1. The summed E-state index contributed by atoms with van der Waals surface area (Å²) < 4.78 is 5.37. The molecule has 2 aromatic carbocycles. The second-order valence-corrected chi connectivity index (χ2v) is 12.3. The van der Waals surface area contributed by atoms with Gasteiger partial charge in [-0.1, -0.05) is 37.1 Å². The number of carbonyl (C=O) groups is 2. The van der Waals surface area contributed by atoms with Gasteiger partial charge in [-0.2, -0.15) is 0 Å². The van der Waals surface area contributed by atoms with Crippen LogP contribution in [-0.2, 0) is 22.4 Å². The van der Waals surface area contributed by atoms with Crippen molar-refractivity contribution >= 4 is 68.7 Å². The van der Waals surface area contributed by atoms with E-state index in [1.165, 1.54) is 33.5 Å². The Morgan fingerprint density at radius 2 is 1.74 bits per heavy atom. The number of ether oxygens (including phenoxy) is 1. The quantitative estimate of drug-likeness (QED) is 0.103. The van der Waals surface area contributed by atoms with Gasteiger partial charge in [-0.3, -0.25) is 4.79 Å². The molecule has 4 rings (SSSR count). The van der Waals surface area contributed by atoms with Crippen LogP contribution in [0.1, 0.15) is 65.9 Å². The summed E-state index contributed by atoms with van der Waals surface area (Å²) in [7, 11) is 0. The number of anilines is 3. The number of esters is 1. The Bertz CT molecular complexity index is 1320. The zero-order valence-electron chi connectivity index (χ0n) is 22.6. The molecule has 1 amide bonds. The minimum absolute atomic E-state index is 0.112. The fourth-order valence-electron chi connectivity index (χ4n) is 4.51. The van der Waals surface area contributed by atoms with Crippen molar-refractivity contribution in [3.63, 3.8) is 0 Å². The van der Waals surface area contributed by atoms with Crippen LogP contribution in [0.5, 0.6) is 0 Å². The fourth-order valence-corrected chi connectivity index (χ4v) is 7.04. The molecule has 0 radical (unpaired) electrons. The molecule has 0 aliphatic heterocycles. The monoisotopic (exact) mass is 581 g/mol. The van der Waals surface area contributed by atoms with Crippen molar-refractivity contribution in [3.05, 3.63) is 70.1 Å². The number of nitrogens with one attached hydrogen (secondary N) is 3. The van der Waals surface area contributed by atoms with Crippen LogP contribution in [0.3, 0.4) is 0 Å². The van der Waals surface area contributed by atoms with E-state index in [4.69, 9.17) is 17.0 Å². The van der Waals surface area contributed by atoms with E-state index in [-0.39, 0.29) is 17.1 Å². The number of hydrogen-bond donors (Lipinski definition) is 3. The first kappa shape index (κ1) is 29.1. The molecule has 1 atom stereocenters. The van der Waals surface area contributed by atoms with Crippen molar-refractivity contribution in [2.24, 2.45) is 0 Å². The molecule has 1 aliphatic rings. The number of carbonyl (C=O) groups excluding carboxylic acids is 2. The van der Waals surface area contributed by atoms with Crippen LogP contribution < -0.4 is 16.0 Å². The van der Waals surface area contributed by atoms with Gasteiger partial charge in [0.1, 0.15) is 5.00 Å². The number of aryl methyl sites for hydroxylation is 2. The lowest BCUT2D eigenvalue weighted by molar-refractivity contribution is -0.115. The van der Waals surface area contributed by atoms with E-state index in [1.807, 2.05) is 62.4 Å². The molecule has 0 bridgehead atoms. The first-order chi connectivity index (χ1) is 18.9. The molecular formula is C30H35N3O3S3. The van der Waals surface area contributed by atoms with Gasteiger partial charge in [0.05, 0.1) is 17.4 Å². The number of benzene rings is 2. The third kappa shape index (κ3) is 7.84. The smallest absolute Gasteiger partial charge is 0.341 e. The highest BCUT2D eigenvalue weighted by Gasteiger charge is 2.28. The molecule has 1 unspecified atom stereocenters. The molecule has 0 fully saturated rings. The van der Waals surface area contributed by atoms with Gasteiger partial charge in [0, 0.05) is 21.1 Å². The lowest BCUT2D eigenvalue weighted by Gasteiger charge is -2.16. The van der Waals surface area contributed by atoms with E-state index < -0.39 is 0 Å². The van der Waals surface area contributed by atoms with Crippen LogP contribution in [0.4, 0.5) is 16.4 Å². The Morgan fingerprint density at radius 1 is 1.00 bits per heavy atom. The molecule has 6 nitrogen and oxygen atoms in total. The van der Waals surface area contributed by atoms with Gasteiger partial charge in [0.15, 0.2) is 5.11 Å².